The van der Waals surface area contributed by atoms with Gasteiger partial charge in [-0.15, -0.1) is 6.58 Å². The minimum absolute atomic E-state index is 0.0520. The molecule has 0 bridgehead atoms. The predicted octanol–water partition coefficient (Wildman–Crippen LogP) is 3.29. The van der Waals surface area contributed by atoms with E-state index in [1.54, 1.807) is 6.08 Å². The molecule has 0 saturated carbocycles. The van der Waals surface area contributed by atoms with Crippen molar-refractivity contribution in [2.24, 2.45) is 0 Å². The molecule has 7 heteroatoms. The fourth-order valence-corrected chi connectivity index (χ4v) is 1.66. The Balaban J connectivity index is 3.04. The van der Waals surface area contributed by atoms with E-state index in [2.05, 4.69) is 6.58 Å². The largest absolute Gasteiger partial charge is 0.491 e. The molecule has 1 rings (SSSR count). The van der Waals surface area contributed by atoms with Crippen LogP contribution in [-0.4, -0.2) is 22.6 Å². The summed E-state index contributed by atoms with van der Waals surface area (Å²) in [4.78, 5) is 21.0. The maximum absolute atomic E-state index is 11.1. The number of carbonyl (C=O) groups is 1. The van der Waals surface area contributed by atoms with Gasteiger partial charge >= 0.3 is 5.97 Å². The molecule has 0 heterocycles. The second-order valence-electron chi connectivity index (χ2n) is 3.65. The summed E-state index contributed by atoms with van der Waals surface area (Å²) in [5.41, 5.74) is -0.710. The van der Waals surface area contributed by atoms with Gasteiger partial charge in [-0.25, -0.2) is 4.79 Å². The number of nitro groups is 1. The maximum atomic E-state index is 11.1. The van der Waals surface area contributed by atoms with Gasteiger partial charge in [-0.1, -0.05) is 17.7 Å². The number of halogens is 1. The number of unbranched alkanes of at least 4 members (excludes halogenated alkanes) is 1. The molecule has 0 spiro atoms. The van der Waals surface area contributed by atoms with Crippen molar-refractivity contribution in [3.8, 4) is 5.75 Å². The van der Waals surface area contributed by atoms with Gasteiger partial charge in [0.2, 0.25) is 0 Å². The average Bonchev–Trinajstić information content (AvgIpc) is 2.35. The van der Waals surface area contributed by atoms with Crippen LogP contribution in [0.1, 0.15) is 23.2 Å². The van der Waals surface area contributed by atoms with Gasteiger partial charge in [-0.05, 0) is 12.8 Å². The zero-order valence-corrected chi connectivity index (χ0v) is 10.7. The molecule has 1 aromatic rings. The lowest BCUT2D eigenvalue weighted by Crippen LogP contribution is -2.06. The van der Waals surface area contributed by atoms with Crippen molar-refractivity contribution >= 4 is 23.3 Å². The Hall–Kier alpha value is -2.08. The number of hydrogen-bond acceptors (Lipinski definition) is 4. The number of hydrogen-bond donors (Lipinski definition) is 1. The van der Waals surface area contributed by atoms with E-state index in [4.69, 9.17) is 21.4 Å². The van der Waals surface area contributed by atoms with Crippen molar-refractivity contribution < 1.29 is 19.6 Å². The lowest BCUT2D eigenvalue weighted by Gasteiger charge is -2.10. The molecule has 0 radical (unpaired) electrons. The number of ether oxygens (including phenoxy) is 1. The minimum Gasteiger partial charge on any atom is -0.491 e. The van der Waals surface area contributed by atoms with Crippen molar-refractivity contribution in [3.63, 3.8) is 0 Å². The van der Waals surface area contributed by atoms with Gasteiger partial charge in [0.1, 0.15) is 5.56 Å². The van der Waals surface area contributed by atoms with Crippen molar-refractivity contribution in [2.45, 2.75) is 12.8 Å². The second kappa shape index (κ2) is 6.75. The summed E-state index contributed by atoms with van der Waals surface area (Å²) in [5.74, 6) is -1.38. The first kappa shape index (κ1) is 15.0. The van der Waals surface area contributed by atoms with E-state index < -0.39 is 10.9 Å². The summed E-state index contributed by atoms with van der Waals surface area (Å²) in [6, 6.07) is 1.99. The third-order valence-corrected chi connectivity index (χ3v) is 2.55. The number of carboxylic acids is 1. The summed E-state index contributed by atoms with van der Waals surface area (Å²) in [6.07, 6.45) is 3.07. The number of carboxylic acid groups (broad SMARTS) is 1. The monoisotopic (exact) mass is 285 g/mol. The first-order chi connectivity index (χ1) is 8.97. The van der Waals surface area contributed by atoms with Gasteiger partial charge in [0, 0.05) is 12.1 Å². The summed E-state index contributed by atoms with van der Waals surface area (Å²) in [6.45, 7) is 3.80. The molecule has 0 unspecified atom stereocenters. The normalized spacial score (nSPS) is 9.95. The van der Waals surface area contributed by atoms with Gasteiger partial charge in [-0.3, -0.25) is 10.1 Å². The fourth-order valence-electron chi connectivity index (χ4n) is 1.39. The molecule has 1 N–H and O–H groups in total. The Morgan fingerprint density at radius 1 is 1.58 bits per heavy atom. The van der Waals surface area contributed by atoms with Crippen molar-refractivity contribution in [2.75, 3.05) is 6.61 Å². The van der Waals surface area contributed by atoms with Gasteiger partial charge in [0.05, 0.1) is 16.6 Å². The minimum atomic E-state index is -1.33. The average molecular weight is 286 g/mol. The molecule has 19 heavy (non-hydrogen) atoms. The topological polar surface area (TPSA) is 89.7 Å². The number of benzene rings is 1. The van der Waals surface area contributed by atoms with E-state index in [0.29, 0.717) is 12.8 Å². The summed E-state index contributed by atoms with van der Waals surface area (Å²) < 4.78 is 5.28. The standard InChI is InChI=1S/C12H12ClNO5/c1-2-3-4-5-19-11-9(12(15)16)6-8(14(17)18)7-10(11)13/h2,6-7H,1,3-5H2,(H,15,16). The maximum Gasteiger partial charge on any atom is 0.339 e. The fraction of sp³-hybridized carbons (Fsp3) is 0.250. The Kier molecular flexibility index (Phi) is 5.32. The highest BCUT2D eigenvalue weighted by molar-refractivity contribution is 6.32. The zero-order chi connectivity index (χ0) is 14.4. The predicted molar refractivity (Wildman–Crippen MR) is 70.0 cm³/mol. The molecule has 0 aliphatic rings. The van der Waals surface area contributed by atoms with Crippen LogP contribution in [0, 0.1) is 10.1 Å². The Labute approximate surface area is 114 Å². The van der Waals surface area contributed by atoms with Gasteiger partial charge in [0.25, 0.3) is 5.69 Å². The number of allylic oxidation sites excluding steroid dienone is 1. The van der Waals surface area contributed by atoms with Crippen molar-refractivity contribution in [1.82, 2.24) is 0 Å². The highest BCUT2D eigenvalue weighted by atomic mass is 35.5. The van der Waals surface area contributed by atoms with E-state index in [1.807, 2.05) is 0 Å². The van der Waals surface area contributed by atoms with Crippen LogP contribution in [0.3, 0.4) is 0 Å². The lowest BCUT2D eigenvalue weighted by atomic mass is 10.1. The molecule has 1 aromatic carbocycles. The summed E-state index contributed by atoms with van der Waals surface area (Å²) in [7, 11) is 0. The Bertz CT molecular complexity index is 515. The van der Waals surface area contributed by atoms with Crippen LogP contribution in [0.5, 0.6) is 5.75 Å². The third kappa shape index (κ3) is 3.96. The van der Waals surface area contributed by atoms with Crippen LogP contribution in [0.25, 0.3) is 0 Å². The van der Waals surface area contributed by atoms with Crippen molar-refractivity contribution in [3.05, 3.63) is 45.5 Å². The highest BCUT2D eigenvalue weighted by Crippen LogP contribution is 2.33. The number of aromatic carboxylic acids is 1. The quantitative estimate of drug-likeness (QED) is 0.359. The van der Waals surface area contributed by atoms with Crippen molar-refractivity contribution in [1.29, 1.82) is 0 Å². The van der Waals surface area contributed by atoms with Gasteiger partial charge < -0.3 is 9.84 Å². The van der Waals surface area contributed by atoms with Gasteiger partial charge in [-0.2, -0.15) is 0 Å². The van der Waals surface area contributed by atoms with E-state index in [1.165, 1.54) is 0 Å². The smallest absolute Gasteiger partial charge is 0.339 e. The van der Waals surface area contributed by atoms with E-state index in [0.717, 1.165) is 12.1 Å². The number of nitrogens with zero attached hydrogens (tertiary/aromatic N) is 1. The molecule has 0 fully saturated rings. The molecule has 6 nitrogen and oxygen atoms in total. The number of non-ortho nitro benzene ring substituents is 1. The number of nitro benzene ring substituents is 1. The number of rotatable bonds is 7. The molecule has 0 amide bonds. The Morgan fingerprint density at radius 3 is 2.79 bits per heavy atom. The lowest BCUT2D eigenvalue weighted by molar-refractivity contribution is -0.384. The molecule has 0 aromatic heterocycles. The third-order valence-electron chi connectivity index (χ3n) is 2.27. The Morgan fingerprint density at radius 2 is 2.26 bits per heavy atom. The van der Waals surface area contributed by atoms with Crippen LogP contribution in [0.4, 0.5) is 5.69 Å². The summed E-state index contributed by atoms with van der Waals surface area (Å²) >= 11 is 5.82. The molecule has 0 atom stereocenters. The first-order valence-electron chi connectivity index (χ1n) is 5.42. The molecule has 0 aliphatic heterocycles. The van der Waals surface area contributed by atoms with Crippen LogP contribution in [0.15, 0.2) is 24.8 Å². The molecule has 0 aliphatic carbocycles. The molecule has 0 saturated heterocycles. The first-order valence-corrected chi connectivity index (χ1v) is 5.80. The highest BCUT2D eigenvalue weighted by Gasteiger charge is 2.21. The van der Waals surface area contributed by atoms with Crippen LogP contribution in [0.2, 0.25) is 5.02 Å². The van der Waals surface area contributed by atoms with E-state index in [-0.39, 0.29) is 28.6 Å². The summed E-state index contributed by atoms with van der Waals surface area (Å²) in [5, 5.41) is 19.6. The molecule has 102 valence electrons. The molecular formula is C12H12ClNO5. The van der Waals surface area contributed by atoms with Crippen LogP contribution >= 0.6 is 11.6 Å². The molecular weight excluding hydrogens is 274 g/mol. The van der Waals surface area contributed by atoms with Crippen LogP contribution < -0.4 is 4.74 Å². The second-order valence-corrected chi connectivity index (χ2v) is 4.05. The zero-order valence-electron chi connectivity index (χ0n) is 9.97. The SMILES string of the molecule is C=CCCCOc1c(Cl)cc([N+](=O)[O-])cc1C(=O)O. The van der Waals surface area contributed by atoms with E-state index in [9.17, 15) is 14.9 Å². The van der Waals surface area contributed by atoms with Gasteiger partial charge in [0.15, 0.2) is 5.75 Å². The van der Waals surface area contributed by atoms with Crippen LogP contribution in [-0.2, 0) is 0 Å². The van der Waals surface area contributed by atoms with E-state index >= 15 is 0 Å².